The number of nitrogens with two attached hydrogens (primary N) is 2. The summed E-state index contributed by atoms with van der Waals surface area (Å²) in [5.74, 6) is -2.39. The number of carbonyl (C=O) groups is 4. The molecule has 1 aromatic carbocycles. The highest BCUT2D eigenvalue weighted by atomic mass is 16.4. The third kappa shape index (κ3) is 22.9. The average molecular weight is 686 g/mol. The summed E-state index contributed by atoms with van der Waals surface area (Å²) in [6, 6.07) is 6.27. The molecule has 3 unspecified atom stereocenters. The topological polar surface area (TPSA) is 177 Å². The minimum absolute atomic E-state index is 0.173. The van der Waals surface area contributed by atoms with Gasteiger partial charge in [-0.05, 0) is 89.3 Å². The lowest BCUT2D eigenvalue weighted by molar-refractivity contribution is -0.142. The summed E-state index contributed by atoms with van der Waals surface area (Å²) in [6.45, 7) is 3.15. The van der Waals surface area contributed by atoms with Crippen LogP contribution in [-0.4, -0.2) is 60.0 Å². The molecule has 0 saturated heterocycles. The number of hydrogen-bond donors (Lipinski definition) is 6. The zero-order valence-electron chi connectivity index (χ0n) is 30.3. The molecule has 0 aliphatic rings. The first-order valence-corrected chi connectivity index (χ1v) is 19.0. The summed E-state index contributed by atoms with van der Waals surface area (Å²) in [4.78, 5) is 51.7. The Bertz CT molecular complexity index is 1050. The molecule has 0 heterocycles. The summed E-state index contributed by atoms with van der Waals surface area (Å²) in [5.41, 5.74) is 12.0. The van der Waals surface area contributed by atoms with Crippen LogP contribution in [0.25, 0.3) is 0 Å². The van der Waals surface area contributed by atoms with Gasteiger partial charge in [0.2, 0.25) is 17.7 Å². The Hall–Kier alpha value is -3.24. The molecule has 8 N–H and O–H groups in total. The lowest BCUT2D eigenvalue weighted by Gasteiger charge is -2.25. The van der Waals surface area contributed by atoms with Gasteiger partial charge < -0.3 is 32.5 Å². The van der Waals surface area contributed by atoms with Crippen LogP contribution < -0.4 is 27.4 Å². The summed E-state index contributed by atoms with van der Waals surface area (Å²) < 4.78 is 0. The smallest absolute Gasteiger partial charge is 0.326 e. The number of carbonyl (C=O) groups excluding carboxylic acids is 3. The molecule has 10 heteroatoms. The molecule has 3 amide bonds. The molecular formula is C39H67N5O5. The fraction of sp³-hybridized carbons (Fsp3) is 0.692. The first-order valence-electron chi connectivity index (χ1n) is 19.0. The van der Waals surface area contributed by atoms with Crippen molar-refractivity contribution in [2.45, 2.75) is 160 Å². The van der Waals surface area contributed by atoms with Crippen LogP contribution >= 0.6 is 0 Å². The molecule has 0 bridgehead atoms. The van der Waals surface area contributed by atoms with E-state index in [1.54, 1.807) is 0 Å². The van der Waals surface area contributed by atoms with Crippen LogP contribution in [0.3, 0.4) is 0 Å². The quantitative estimate of drug-likeness (QED) is 0.0406. The minimum Gasteiger partial charge on any atom is -0.480 e. The number of nitrogens with one attached hydrogen (secondary N) is 3. The highest BCUT2D eigenvalue weighted by Gasteiger charge is 2.29. The fourth-order valence-electron chi connectivity index (χ4n) is 5.74. The van der Waals surface area contributed by atoms with Gasteiger partial charge in [0, 0.05) is 12.8 Å². The number of allylic oxidation sites excluding steroid dienone is 2. The molecule has 3 atom stereocenters. The van der Waals surface area contributed by atoms with Gasteiger partial charge in [0.25, 0.3) is 0 Å². The van der Waals surface area contributed by atoms with Crippen LogP contribution in [0, 0.1) is 0 Å². The third-order valence-corrected chi connectivity index (χ3v) is 8.74. The maximum absolute atomic E-state index is 13.5. The average Bonchev–Trinajstić information content (AvgIpc) is 3.09. The van der Waals surface area contributed by atoms with Gasteiger partial charge in [0.15, 0.2) is 0 Å². The van der Waals surface area contributed by atoms with Crippen molar-refractivity contribution in [3.05, 3.63) is 48.0 Å². The Balaban J connectivity index is 2.63. The monoisotopic (exact) mass is 686 g/mol. The summed E-state index contributed by atoms with van der Waals surface area (Å²) in [5, 5.41) is 18.0. The van der Waals surface area contributed by atoms with Crippen molar-refractivity contribution in [3.63, 3.8) is 0 Å². The Morgan fingerprint density at radius 1 is 0.633 bits per heavy atom. The molecule has 0 aromatic heterocycles. The van der Waals surface area contributed by atoms with Gasteiger partial charge >= 0.3 is 5.97 Å². The largest absolute Gasteiger partial charge is 0.480 e. The van der Waals surface area contributed by atoms with Gasteiger partial charge in [-0.1, -0.05) is 101 Å². The normalized spacial score (nSPS) is 13.1. The van der Waals surface area contributed by atoms with Gasteiger partial charge in [-0.25, -0.2) is 4.79 Å². The Labute approximate surface area is 296 Å². The van der Waals surface area contributed by atoms with Gasteiger partial charge in [-0.15, -0.1) is 0 Å². The number of aliphatic carboxylic acids is 1. The van der Waals surface area contributed by atoms with Crippen molar-refractivity contribution in [3.8, 4) is 0 Å². The van der Waals surface area contributed by atoms with Crippen LogP contribution in [0.4, 0.5) is 0 Å². The van der Waals surface area contributed by atoms with E-state index in [-0.39, 0.29) is 18.7 Å². The molecule has 278 valence electrons. The van der Waals surface area contributed by atoms with Crippen LogP contribution in [0.15, 0.2) is 42.5 Å². The lowest BCUT2D eigenvalue weighted by Crippen LogP contribution is -2.56. The molecule has 0 radical (unpaired) electrons. The number of carboxylic acid groups (broad SMARTS) is 1. The van der Waals surface area contributed by atoms with Crippen molar-refractivity contribution >= 4 is 23.7 Å². The Kier molecular flexibility index (Phi) is 26.5. The van der Waals surface area contributed by atoms with Crippen molar-refractivity contribution in [2.24, 2.45) is 11.5 Å². The van der Waals surface area contributed by atoms with Crippen LogP contribution in [0.5, 0.6) is 0 Å². The highest BCUT2D eigenvalue weighted by molar-refractivity contribution is 5.93. The number of rotatable bonds is 31. The van der Waals surface area contributed by atoms with Crippen LogP contribution in [0.2, 0.25) is 0 Å². The van der Waals surface area contributed by atoms with Gasteiger partial charge in [0.1, 0.15) is 18.1 Å². The molecule has 0 spiro atoms. The number of unbranched alkanes of at least 4 members (excludes halogenated alkanes) is 13. The van der Waals surface area contributed by atoms with E-state index in [0.29, 0.717) is 51.6 Å². The number of amides is 3. The van der Waals surface area contributed by atoms with E-state index in [0.717, 1.165) is 44.1 Å². The van der Waals surface area contributed by atoms with Crippen molar-refractivity contribution < 1.29 is 24.3 Å². The summed E-state index contributed by atoms with van der Waals surface area (Å²) in [6.07, 6.45) is 23.6. The summed E-state index contributed by atoms with van der Waals surface area (Å²) >= 11 is 0. The second kappa shape index (κ2) is 29.7. The fourth-order valence-corrected chi connectivity index (χ4v) is 5.74. The zero-order valence-corrected chi connectivity index (χ0v) is 30.3. The third-order valence-electron chi connectivity index (χ3n) is 8.74. The lowest BCUT2D eigenvalue weighted by atomic mass is 10.0. The number of benzene rings is 1. The van der Waals surface area contributed by atoms with Crippen molar-refractivity contribution in [2.75, 3.05) is 13.1 Å². The Morgan fingerprint density at radius 2 is 1.14 bits per heavy atom. The van der Waals surface area contributed by atoms with E-state index in [9.17, 15) is 24.3 Å². The maximum atomic E-state index is 13.5. The van der Waals surface area contributed by atoms with E-state index in [4.69, 9.17) is 11.5 Å². The van der Waals surface area contributed by atoms with Crippen molar-refractivity contribution in [1.29, 1.82) is 0 Å². The van der Waals surface area contributed by atoms with E-state index in [1.165, 1.54) is 44.9 Å². The molecule has 0 fully saturated rings. The minimum atomic E-state index is -1.14. The van der Waals surface area contributed by atoms with E-state index in [1.807, 2.05) is 30.3 Å². The van der Waals surface area contributed by atoms with E-state index >= 15 is 0 Å². The second-order valence-electron chi connectivity index (χ2n) is 13.2. The highest BCUT2D eigenvalue weighted by Crippen LogP contribution is 2.12. The Morgan fingerprint density at radius 3 is 1.71 bits per heavy atom. The van der Waals surface area contributed by atoms with Gasteiger partial charge in [-0.3, -0.25) is 14.4 Å². The molecule has 49 heavy (non-hydrogen) atoms. The molecule has 1 rings (SSSR count). The van der Waals surface area contributed by atoms with Crippen molar-refractivity contribution in [1.82, 2.24) is 16.0 Å². The van der Waals surface area contributed by atoms with Crippen LogP contribution in [0.1, 0.15) is 141 Å². The second-order valence-corrected chi connectivity index (χ2v) is 13.2. The number of carboxylic acids is 1. The summed E-state index contributed by atoms with van der Waals surface area (Å²) in [7, 11) is 0. The standard InChI is InChI=1S/C39H67N5O5/c1-2-3-4-5-6-7-8-9-10-11-12-13-14-15-19-28-36(45)42-33(26-20-22-29-40)37(46)44-35(31-32-24-17-16-18-25-32)38(47)43-34(39(48)49)27-21-23-30-41/h9-10,16-18,24-25,33-35H,2-8,11-15,19-23,26-31,40-41H2,1H3,(H,42,45)(H,43,47)(H,44,46)(H,48,49)/b10-9+. The molecular weight excluding hydrogens is 618 g/mol. The molecule has 0 aliphatic heterocycles. The molecule has 0 saturated carbocycles. The molecule has 1 aromatic rings. The zero-order chi connectivity index (χ0) is 36.0. The predicted octanol–water partition coefficient (Wildman–Crippen LogP) is 6.06. The van der Waals surface area contributed by atoms with E-state index < -0.39 is 35.9 Å². The van der Waals surface area contributed by atoms with Crippen LogP contribution in [-0.2, 0) is 25.6 Å². The van der Waals surface area contributed by atoms with Gasteiger partial charge in [-0.2, -0.15) is 0 Å². The van der Waals surface area contributed by atoms with E-state index in [2.05, 4.69) is 35.0 Å². The SMILES string of the molecule is CCCCCCCC/C=C/CCCCCCCC(=O)NC(CCCCN)C(=O)NC(Cc1ccccc1)C(=O)NC(CCCCN)C(=O)O. The molecule has 10 nitrogen and oxygen atoms in total. The first-order chi connectivity index (χ1) is 23.8. The molecule has 0 aliphatic carbocycles. The predicted molar refractivity (Wildman–Crippen MR) is 199 cm³/mol. The first kappa shape index (κ1) is 43.8. The van der Waals surface area contributed by atoms with Gasteiger partial charge in [0.05, 0.1) is 0 Å². The number of hydrogen-bond acceptors (Lipinski definition) is 6. The maximum Gasteiger partial charge on any atom is 0.326 e.